The third kappa shape index (κ3) is 11.0. The number of hydrogen-bond acceptors (Lipinski definition) is 9. The molecule has 0 saturated carbocycles. The van der Waals surface area contributed by atoms with E-state index in [1.807, 2.05) is 19.0 Å². The lowest BCUT2D eigenvalue weighted by molar-refractivity contribution is -0.384. The number of nitrogens with zero attached hydrogens (tertiary/aromatic N) is 2. The Morgan fingerprint density at radius 2 is 1.63 bits per heavy atom. The molecule has 0 amide bonds. The number of nitro groups is 1. The molecular formula is C26H44FN3O7Si. The van der Waals surface area contributed by atoms with Gasteiger partial charge in [-0.05, 0) is 44.7 Å². The Labute approximate surface area is 226 Å². The first-order valence-electron chi connectivity index (χ1n) is 12.7. The number of benzene rings is 1. The molecule has 0 bridgehead atoms. The molecule has 0 heterocycles. The Bertz CT molecular complexity index is 949. The fourth-order valence-corrected chi connectivity index (χ4v) is 4.65. The van der Waals surface area contributed by atoms with Crippen LogP contribution in [-0.4, -0.2) is 77.1 Å². The second kappa shape index (κ2) is 14.5. The molecule has 1 atom stereocenters. The minimum absolute atomic E-state index is 0.0243. The minimum atomic E-state index is -2.03. The van der Waals surface area contributed by atoms with E-state index in [0.717, 1.165) is 12.1 Å². The summed E-state index contributed by atoms with van der Waals surface area (Å²) >= 11 is 0. The highest BCUT2D eigenvalue weighted by atomic mass is 28.4. The molecule has 10 nitrogen and oxygen atoms in total. The summed E-state index contributed by atoms with van der Waals surface area (Å²) in [6, 6.07) is 2.17. The van der Waals surface area contributed by atoms with E-state index in [4.69, 9.17) is 13.9 Å². The molecule has 1 N–H and O–H groups in total. The quantitative estimate of drug-likeness (QED) is 0.142. The summed E-state index contributed by atoms with van der Waals surface area (Å²) in [5.74, 6) is -2.35. The van der Waals surface area contributed by atoms with Crippen LogP contribution in [0.4, 0.5) is 15.8 Å². The Morgan fingerprint density at radius 1 is 1.08 bits per heavy atom. The number of rotatable bonds is 15. The highest BCUT2D eigenvalue weighted by Crippen LogP contribution is 2.37. The van der Waals surface area contributed by atoms with Gasteiger partial charge in [-0.25, -0.2) is 4.39 Å². The molecule has 1 aromatic carbocycles. The first kappa shape index (κ1) is 33.5. The van der Waals surface area contributed by atoms with E-state index in [-0.39, 0.29) is 47.5 Å². The first-order valence-corrected chi connectivity index (χ1v) is 15.6. The average molecular weight is 558 g/mol. The molecule has 1 aromatic rings. The zero-order chi connectivity index (χ0) is 29.3. The fraction of sp³-hybridized carbons (Fsp3) is 0.692. The van der Waals surface area contributed by atoms with Crippen molar-refractivity contribution in [3.63, 3.8) is 0 Å². The second-order valence-electron chi connectivity index (χ2n) is 11.4. The second-order valence-corrected chi connectivity index (χ2v) is 16.2. The molecular weight excluding hydrogens is 513 g/mol. The van der Waals surface area contributed by atoms with Crippen LogP contribution in [0.1, 0.15) is 40.2 Å². The molecule has 216 valence electrons. The number of ether oxygens (including phenoxy) is 2. The van der Waals surface area contributed by atoms with Crippen molar-refractivity contribution in [3.05, 3.63) is 33.6 Å². The molecule has 1 unspecified atom stereocenters. The van der Waals surface area contributed by atoms with Gasteiger partial charge in [0.1, 0.15) is 11.5 Å². The van der Waals surface area contributed by atoms with Crippen molar-refractivity contribution in [3.8, 4) is 0 Å². The summed E-state index contributed by atoms with van der Waals surface area (Å²) in [6.45, 7) is 14.4. The van der Waals surface area contributed by atoms with E-state index in [1.165, 1.54) is 13.8 Å². The van der Waals surface area contributed by atoms with E-state index >= 15 is 4.39 Å². The summed E-state index contributed by atoms with van der Waals surface area (Å²) in [6.07, 6.45) is -0.0464. The smallest absolute Gasteiger partial charge is 0.302 e. The van der Waals surface area contributed by atoms with Crippen molar-refractivity contribution >= 4 is 31.6 Å². The molecule has 0 spiro atoms. The minimum Gasteiger partial charge on any atom is -0.465 e. The van der Waals surface area contributed by atoms with Crippen LogP contribution in [0, 0.1) is 27.8 Å². The molecule has 0 aromatic heterocycles. The molecule has 0 aliphatic carbocycles. The van der Waals surface area contributed by atoms with E-state index in [2.05, 4.69) is 39.2 Å². The summed E-state index contributed by atoms with van der Waals surface area (Å²) in [7, 11) is 1.84. The number of carbonyl (C=O) groups excluding carboxylic acids is 2. The number of nitrogens with one attached hydrogen (secondary N) is 1. The van der Waals surface area contributed by atoms with Gasteiger partial charge in [0, 0.05) is 57.0 Å². The number of carbonyl (C=O) groups is 2. The largest absolute Gasteiger partial charge is 0.465 e. The summed E-state index contributed by atoms with van der Waals surface area (Å²) in [5, 5.41) is 15.0. The highest BCUT2D eigenvalue weighted by molar-refractivity contribution is 6.74. The van der Waals surface area contributed by atoms with Crippen molar-refractivity contribution in [1.29, 1.82) is 0 Å². The molecule has 1 rings (SSSR count). The normalized spacial score (nSPS) is 12.9. The summed E-state index contributed by atoms with van der Waals surface area (Å²) in [4.78, 5) is 36.0. The number of hydrogen-bond donors (Lipinski definition) is 1. The lowest BCUT2D eigenvalue weighted by Crippen LogP contribution is -2.43. The third-order valence-electron chi connectivity index (χ3n) is 6.64. The lowest BCUT2D eigenvalue weighted by Gasteiger charge is -2.37. The highest BCUT2D eigenvalue weighted by Gasteiger charge is 2.37. The SMILES string of the molecule is CC(=O)OCC(COC(C)=O)Cc1c(F)ccc([N+](=O)[O-])c1NCC(CO[Si](C)(C)C(C)(C)C)CN(C)C. The number of halogens is 1. The molecule has 0 fully saturated rings. The van der Waals surface area contributed by atoms with E-state index in [9.17, 15) is 19.7 Å². The van der Waals surface area contributed by atoms with Gasteiger partial charge >= 0.3 is 11.9 Å². The Kier molecular flexibility index (Phi) is 12.8. The number of nitro benzene ring substituents is 1. The van der Waals surface area contributed by atoms with Gasteiger partial charge in [0.25, 0.3) is 5.69 Å². The molecule has 0 radical (unpaired) electrons. The first-order chi connectivity index (χ1) is 17.4. The zero-order valence-corrected chi connectivity index (χ0v) is 25.2. The van der Waals surface area contributed by atoms with Crippen LogP contribution in [0.25, 0.3) is 0 Å². The lowest BCUT2D eigenvalue weighted by atomic mass is 9.97. The van der Waals surface area contributed by atoms with Crippen molar-refractivity contribution in [2.24, 2.45) is 11.8 Å². The van der Waals surface area contributed by atoms with Gasteiger partial charge < -0.3 is 24.1 Å². The maximum absolute atomic E-state index is 15.1. The van der Waals surface area contributed by atoms with Gasteiger partial charge in [0.2, 0.25) is 0 Å². The zero-order valence-electron chi connectivity index (χ0n) is 24.2. The predicted molar refractivity (Wildman–Crippen MR) is 147 cm³/mol. The van der Waals surface area contributed by atoms with E-state index in [1.54, 1.807) is 0 Å². The average Bonchev–Trinajstić information content (AvgIpc) is 2.77. The fourth-order valence-electron chi connectivity index (χ4n) is 3.57. The van der Waals surface area contributed by atoms with Crippen molar-refractivity contribution < 1.29 is 32.8 Å². The van der Waals surface area contributed by atoms with Crippen LogP contribution >= 0.6 is 0 Å². The van der Waals surface area contributed by atoms with Gasteiger partial charge in [-0.2, -0.15) is 0 Å². The van der Waals surface area contributed by atoms with E-state index < -0.39 is 36.9 Å². The van der Waals surface area contributed by atoms with Crippen molar-refractivity contribution in [2.45, 2.75) is 59.2 Å². The summed E-state index contributed by atoms with van der Waals surface area (Å²) < 4.78 is 31.7. The molecule has 0 aliphatic rings. The number of esters is 2. The van der Waals surface area contributed by atoms with Crippen LogP contribution in [-0.2, 0) is 29.9 Å². The topological polar surface area (TPSA) is 120 Å². The van der Waals surface area contributed by atoms with Gasteiger partial charge in [-0.3, -0.25) is 19.7 Å². The molecule has 12 heteroatoms. The van der Waals surface area contributed by atoms with Crippen LogP contribution in [0.2, 0.25) is 18.1 Å². The molecule has 0 aliphatic heterocycles. The van der Waals surface area contributed by atoms with Gasteiger partial charge in [-0.1, -0.05) is 20.8 Å². The van der Waals surface area contributed by atoms with Gasteiger partial charge in [0.05, 0.1) is 18.1 Å². The Morgan fingerprint density at radius 3 is 2.08 bits per heavy atom. The van der Waals surface area contributed by atoms with Crippen molar-refractivity contribution in [1.82, 2.24) is 4.90 Å². The molecule has 38 heavy (non-hydrogen) atoms. The third-order valence-corrected chi connectivity index (χ3v) is 11.1. The predicted octanol–water partition coefficient (Wildman–Crippen LogP) is 4.63. The van der Waals surface area contributed by atoms with Gasteiger partial charge in [0.15, 0.2) is 8.32 Å². The Hall–Kier alpha value is -2.57. The number of anilines is 1. The Balaban J connectivity index is 3.29. The maximum Gasteiger partial charge on any atom is 0.302 e. The van der Waals surface area contributed by atoms with E-state index in [0.29, 0.717) is 19.7 Å². The molecule has 0 saturated heterocycles. The standard InChI is InChI=1S/C26H44FN3O7Si/c1-18(31)35-15-20(16-36-19(2)32)12-22-23(27)10-11-24(30(33)34)25(22)28-13-21(14-29(6)7)17-37-38(8,9)26(3,4)5/h10-11,20-21,28H,12-17H2,1-9H3. The monoisotopic (exact) mass is 557 g/mol. The van der Waals surface area contributed by atoms with Crippen LogP contribution in [0.5, 0.6) is 0 Å². The maximum atomic E-state index is 15.1. The van der Waals surface area contributed by atoms with Crippen molar-refractivity contribution in [2.75, 3.05) is 52.3 Å². The summed E-state index contributed by atoms with van der Waals surface area (Å²) in [5.41, 5.74) is -0.145. The van der Waals surface area contributed by atoms with Crippen LogP contribution in [0.15, 0.2) is 12.1 Å². The van der Waals surface area contributed by atoms with Gasteiger partial charge in [-0.15, -0.1) is 0 Å². The van der Waals surface area contributed by atoms with Crippen LogP contribution in [0.3, 0.4) is 0 Å². The van der Waals surface area contributed by atoms with Crippen LogP contribution < -0.4 is 5.32 Å².